The minimum Gasteiger partial charge on any atom is -0.494 e. The maximum atomic E-state index is 13.5. The number of methoxy groups -OCH3 is 1. The Balaban J connectivity index is 2.43. The van der Waals surface area contributed by atoms with Gasteiger partial charge in [0.1, 0.15) is 0 Å². The Morgan fingerprint density at radius 1 is 1.24 bits per heavy atom. The molecular weight excluding hydrogens is 295 g/mol. The van der Waals surface area contributed by atoms with Crippen LogP contribution in [0.1, 0.15) is 26.2 Å². The number of ether oxygens (including phenoxy) is 1. The molecule has 0 atom stereocenters. The van der Waals surface area contributed by atoms with Crippen molar-refractivity contribution < 1.29 is 17.5 Å². The van der Waals surface area contributed by atoms with Gasteiger partial charge in [-0.05, 0) is 44.5 Å². The van der Waals surface area contributed by atoms with Crippen LogP contribution in [-0.2, 0) is 10.0 Å². The largest absolute Gasteiger partial charge is 0.494 e. The quantitative estimate of drug-likeness (QED) is 0.650. The van der Waals surface area contributed by atoms with Crippen molar-refractivity contribution in [3.63, 3.8) is 0 Å². The van der Waals surface area contributed by atoms with E-state index < -0.39 is 15.8 Å². The van der Waals surface area contributed by atoms with Gasteiger partial charge in [0.15, 0.2) is 11.6 Å². The van der Waals surface area contributed by atoms with E-state index >= 15 is 0 Å². The lowest BCUT2D eigenvalue weighted by atomic mass is 10.3. The zero-order valence-corrected chi connectivity index (χ0v) is 13.3. The van der Waals surface area contributed by atoms with E-state index in [1.165, 1.54) is 19.2 Å². The van der Waals surface area contributed by atoms with Gasteiger partial charge in [0.2, 0.25) is 10.0 Å². The molecule has 2 N–H and O–H groups in total. The fraction of sp³-hybridized carbons (Fsp3) is 0.571. The summed E-state index contributed by atoms with van der Waals surface area (Å²) in [6, 6.07) is 3.98. The third-order valence-electron chi connectivity index (χ3n) is 2.87. The Labute approximate surface area is 125 Å². The Morgan fingerprint density at radius 3 is 2.62 bits per heavy atom. The van der Waals surface area contributed by atoms with Crippen LogP contribution in [0.4, 0.5) is 10.1 Å². The van der Waals surface area contributed by atoms with Gasteiger partial charge in [-0.1, -0.05) is 6.92 Å². The molecule has 0 unspecified atom stereocenters. The van der Waals surface area contributed by atoms with E-state index in [9.17, 15) is 12.8 Å². The molecule has 0 aliphatic rings. The first-order valence-corrected chi connectivity index (χ1v) is 8.68. The second-order valence-electron chi connectivity index (χ2n) is 4.73. The van der Waals surface area contributed by atoms with E-state index in [1.54, 1.807) is 0 Å². The van der Waals surface area contributed by atoms with Crippen LogP contribution in [0.2, 0.25) is 0 Å². The van der Waals surface area contributed by atoms with Crippen molar-refractivity contribution in [3.05, 3.63) is 24.0 Å². The summed E-state index contributed by atoms with van der Waals surface area (Å²) in [5, 5.41) is 3.21. The van der Waals surface area contributed by atoms with Crippen LogP contribution < -0.4 is 14.8 Å². The smallest absolute Gasteiger partial charge is 0.232 e. The van der Waals surface area contributed by atoms with Crippen molar-refractivity contribution >= 4 is 15.7 Å². The molecular formula is C14H23FN2O3S. The highest BCUT2D eigenvalue weighted by atomic mass is 32.2. The summed E-state index contributed by atoms with van der Waals surface area (Å²) in [6.07, 6.45) is 2.41. The van der Waals surface area contributed by atoms with Gasteiger partial charge in [-0.15, -0.1) is 0 Å². The Kier molecular flexibility index (Phi) is 7.45. The van der Waals surface area contributed by atoms with E-state index in [0.717, 1.165) is 32.0 Å². The van der Waals surface area contributed by atoms with Crippen molar-refractivity contribution in [2.45, 2.75) is 26.2 Å². The van der Waals surface area contributed by atoms with Gasteiger partial charge in [-0.3, -0.25) is 4.72 Å². The Hall–Kier alpha value is -1.34. The van der Waals surface area contributed by atoms with Crippen molar-refractivity contribution in [1.82, 2.24) is 5.32 Å². The molecule has 0 bridgehead atoms. The summed E-state index contributed by atoms with van der Waals surface area (Å²) in [7, 11) is -2.09. The molecule has 120 valence electrons. The average molecular weight is 318 g/mol. The molecule has 0 fully saturated rings. The molecule has 0 heterocycles. The van der Waals surface area contributed by atoms with Gasteiger partial charge in [-0.2, -0.15) is 0 Å². The molecule has 0 spiro atoms. The summed E-state index contributed by atoms with van der Waals surface area (Å²) < 4.78 is 44.4. The van der Waals surface area contributed by atoms with E-state index in [1.807, 2.05) is 0 Å². The molecule has 5 nitrogen and oxygen atoms in total. The van der Waals surface area contributed by atoms with Crippen molar-refractivity contribution in [2.24, 2.45) is 0 Å². The lowest BCUT2D eigenvalue weighted by Crippen LogP contribution is -2.20. The molecule has 0 saturated carbocycles. The molecule has 21 heavy (non-hydrogen) atoms. The summed E-state index contributed by atoms with van der Waals surface area (Å²) in [5.41, 5.74) is 0.206. The standard InChI is InChI=1S/C14H23FN2O3S/c1-3-8-16-9-4-5-10-21(18,19)17-12-6-7-14(20-2)13(15)11-12/h6-7,11,16-17H,3-5,8-10H2,1-2H3. The molecule has 7 heteroatoms. The van der Waals surface area contributed by atoms with Crippen LogP contribution >= 0.6 is 0 Å². The maximum Gasteiger partial charge on any atom is 0.232 e. The molecule has 0 amide bonds. The predicted octanol–water partition coefficient (Wildman–Crippen LogP) is 2.36. The summed E-state index contributed by atoms with van der Waals surface area (Å²) in [6.45, 7) is 3.83. The normalized spacial score (nSPS) is 11.4. The number of anilines is 1. The summed E-state index contributed by atoms with van der Waals surface area (Å²) in [5.74, 6) is -0.490. The first-order chi connectivity index (χ1) is 9.98. The average Bonchev–Trinajstić information content (AvgIpc) is 2.42. The molecule has 0 aliphatic heterocycles. The second kappa shape index (κ2) is 8.84. The maximum absolute atomic E-state index is 13.5. The molecule has 0 aliphatic carbocycles. The zero-order valence-electron chi connectivity index (χ0n) is 12.5. The third kappa shape index (κ3) is 6.77. The van der Waals surface area contributed by atoms with Crippen LogP contribution in [-0.4, -0.2) is 34.4 Å². The van der Waals surface area contributed by atoms with E-state index in [4.69, 9.17) is 4.74 Å². The monoisotopic (exact) mass is 318 g/mol. The Morgan fingerprint density at radius 2 is 2.00 bits per heavy atom. The van der Waals surface area contributed by atoms with Gasteiger partial charge in [0.05, 0.1) is 18.6 Å². The minimum atomic E-state index is -3.45. The molecule has 1 aromatic rings. The van der Waals surface area contributed by atoms with Crippen molar-refractivity contribution in [1.29, 1.82) is 0 Å². The Bertz CT molecular complexity index is 535. The van der Waals surface area contributed by atoms with E-state index in [2.05, 4.69) is 17.0 Å². The number of rotatable bonds is 10. The lowest BCUT2D eigenvalue weighted by molar-refractivity contribution is 0.386. The van der Waals surface area contributed by atoms with Crippen molar-refractivity contribution in [3.8, 4) is 5.75 Å². The second-order valence-corrected chi connectivity index (χ2v) is 6.57. The fourth-order valence-electron chi connectivity index (χ4n) is 1.80. The molecule has 1 aromatic carbocycles. The van der Waals surface area contributed by atoms with E-state index in [0.29, 0.717) is 6.42 Å². The van der Waals surface area contributed by atoms with Gasteiger partial charge < -0.3 is 10.1 Å². The van der Waals surface area contributed by atoms with Crippen LogP contribution in [0.5, 0.6) is 5.75 Å². The van der Waals surface area contributed by atoms with Gasteiger partial charge in [0, 0.05) is 6.07 Å². The highest BCUT2D eigenvalue weighted by Gasteiger charge is 2.11. The zero-order chi connectivity index (χ0) is 15.7. The number of halogens is 1. The van der Waals surface area contributed by atoms with Crippen LogP contribution in [0, 0.1) is 5.82 Å². The van der Waals surface area contributed by atoms with Gasteiger partial charge in [0.25, 0.3) is 0 Å². The molecule has 0 aromatic heterocycles. The predicted molar refractivity (Wildman–Crippen MR) is 82.8 cm³/mol. The molecule has 1 rings (SSSR count). The third-order valence-corrected chi connectivity index (χ3v) is 4.24. The molecule has 0 radical (unpaired) electrons. The number of hydrogen-bond donors (Lipinski definition) is 2. The number of sulfonamides is 1. The first kappa shape index (κ1) is 17.7. The minimum absolute atomic E-state index is 0.0223. The van der Waals surface area contributed by atoms with Crippen LogP contribution in [0.3, 0.4) is 0 Å². The highest BCUT2D eigenvalue weighted by molar-refractivity contribution is 7.92. The fourth-order valence-corrected chi connectivity index (χ4v) is 2.98. The van der Waals surface area contributed by atoms with E-state index in [-0.39, 0.29) is 17.2 Å². The summed E-state index contributed by atoms with van der Waals surface area (Å²) >= 11 is 0. The topological polar surface area (TPSA) is 67.4 Å². The SMILES string of the molecule is CCCNCCCCS(=O)(=O)Nc1ccc(OC)c(F)c1. The number of hydrogen-bond acceptors (Lipinski definition) is 4. The highest BCUT2D eigenvalue weighted by Crippen LogP contribution is 2.21. The van der Waals surface area contributed by atoms with Crippen LogP contribution in [0.25, 0.3) is 0 Å². The first-order valence-electron chi connectivity index (χ1n) is 7.03. The number of unbranched alkanes of at least 4 members (excludes halogenated alkanes) is 1. The van der Waals surface area contributed by atoms with Gasteiger partial charge >= 0.3 is 0 Å². The summed E-state index contributed by atoms with van der Waals surface area (Å²) in [4.78, 5) is 0. The number of nitrogens with one attached hydrogen (secondary N) is 2. The lowest BCUT2D eigenvalue weighted by Gasteiger charge is -2.09. The van der Waals surface area contributed by atoms with Gasteiger partial charge in [-0.25, -0.2) is 12.8 Å². The van der Waals surface area contributed by atoms with Crippen LogP contribution in [0.15, 0.2) is 18.2 Å². The molecule has 0 saturated heterocycles. The number of benzene rings is 1. The van der Waals surface area contributed by atoms with Crippen molar-refractivity contribution in [2.75, 3.05) is 30.7 Å².